The molecule has 0 aliphatic heterocycles. The van der Waals surface area contributed by atoms with Crippen LogP contribution < -0.4 is 0 Å². The second-order valence-corrected chi connectivity index (χ2v) is 3.65. The number of halogens is 1. The summed E-state index contributed by atoms with van der Waals surface area (Å²) < 4.78 is 0.383. The number of phenolic OH excluding ortho intramolecular Hbond substituents is 2. The first-order valence-electron chi connectivity index (χ1n) is 3.93. The highest BCUT2D eigenvalue weighted by Gasteiger charge is 2.10. The van der Waals surface area contributed by atoms with Gasteiger partial charge in [0.25, 0.3) is 0 Å². The quantitative estimate of drug-likeness (QED) is 0.726. The first-order chi connectivity index (χ1) is 6.52. The Labute approximate surface area is 88.9 Å². The molecule has 0 atom stereocenters. The van der Waals surface area contributed by atoms with E-state index < -0.39 is 5.97 Å². The van der Waals surface area contributed by atoms with Crippen molar-refractivity contribution in [3.63, 3.8) is 0 Å². The summed E-state index contributed by atoms with van der Waals surface area (Å²) in [6.07, 6.45) is 0.122. The second-order valence-electron chi connectivity index (χ2n) is 2.80. The Hall–Kier alpha value is -1.23. The third-order valence-corrected chi connectivity index (χ3v) is 2.43. The lowest BCUT2D eigenvalue weighted by Gasteiger charge is -2.05. The molecule has 0 heterocycles. The van der Waals surface area contributed by atoms with Gasteiger partial charge in [0, 0.05) is 6.42 Å². The van der Waals surface area contributed by atoms with Gasteiger partial charge in [-0.1, -0.05) is 6.07 Å². The summed E-state index contributed by atoms with van der Waals surface area (Å²) in [5, 5.41) is 27.2. The zero-order chi connectivity index (χ0) is 10.7. The lowest BCUT2D eigenvalue weighted by Crippen LogP contribution is -1.97. The van der Waals surface area contributed by atoms with Gasteiger partial charge in [0.2, 0.25) is 0 Å². The molecule has 0 saturated carbocycles. The van der Waals surface area contributed by atoms with Gasteiger partial charge < -0.3 is 15.3 Å². The minimum absolute atomic E-state index is 0.0748. The third-order valence-electron chi connectivity index (χ3n) is 1.79. The highest BCUT2D eigenvalue weighted by molar-refractivity contribution is 9.10. The fourth-order valence-corrected chi connectivity index (χ4v) is 1.36. The van der Waals surface area contributed by atoms with Gasteiger partial charge in [0.05, 0.1) is 4.47 Å². The molecule has 0 fully saturated rings. The van der Waals surface area contributed by atoms with Crippen molar-refractivity contribution < 1.29 is 20.1 Å². The molecule has 14 heavy (non-hydrogen) atoms. The van der Waals surface area contributed by atoms with Crippen LogP contribution in [0.25, 0.3) is 0 Å². The zero-order valence-electron chi connectivity index (χ0n) is 7.20. The van der Waals surface area contributed by atoms with Crippen LogP contribution in [0.15, 0.2) is 16.6 Å². The van der Waals surface area contributed by atoms with Crippen LogP contribution in [-0.2, 0) is 11.2 Å². The van der Waals surface area contributed by atoms with Crippen LogP contribution in [-0.4, -0.2) is 21.3 Å². The number of aromatic hydroxyl groups is 2. The van der Waals surface area contributed by atoms with Crippen molar-refractivity contribution in [2.24, 2.45) is 0 Å². The first kappa shape index (κ1) is 10.8. The standard InChI is InChI=1S/C9H9BrO4/c10-6-3-1-5(2-4-7(11)12)8(13)9(6)14/h1,3,13-14H,2,4H2,(H,11,12). The lowest BCUT2D eigenvalue weighted by atomic mass is 10.1. The average Bonchev–Trinajstić information content (AvgIpc) is 2.13. The van der Waals surface area contributed by atoms with Crippen LogP contribution in [0.2, 0.25) is 0 Å². The fourth-order valence-electron chi connectivity index (χ4n) is 1.04. The molecule has 4 nitrogen and oxygen atoms in total. The van der Waals surface area contributed by atoms with E-state index in [-0.39, 0.29) is 24.3 Å². The van der Waals surface area contributed by atoms with Gasteiger partial charge in [-0.05, 0) is 34.0 Å². The van der Waals surface area contributed by atoms with Crippen molar-refractivity contribution in [1.29, 1.82) is 0 Å². The minimum Gasteiger partial charge on any atom is -0.504 e. The van der Waals surface area contributed by atoms with Gasteiger partial charge in [-0.3, -0.25) is 4.79 Å². The van der Waals surface area contributed by atoms with Crippen LogP contribution in [0.3, 0.4) is 0 Å². The summed E-state index contributed by atoms with van der Waals surface area (Å²) in [5.41, 5.74) is 0.424. The van der Waals surface area contributed by atoms with E-state index >= 15 is 0 Å². The van der Waals surface area contributed by atoms with Crippen LogP contribution >= 0.6 is 15.9 Å². The summed E-state index contributed by atoms with van der Waals surface area (Å²) in [4.78, 5) is 10.3. The van der Waals surface area contributed by atoms with Crippen molar-refractivity contribution in [1.82, 2.24) is 0 Å². The molecule has 1 aromatic carbocycles. The van der Waals surface area contributed by atoms with Crippen LogP contribution in [0.4, 0.5) is 0 Å². The average molecular weight is 261 g/mol. The number of carboxylic acid groups (broad SMARTS) is 1. The van der Waals surface area contributed by atoms with E-state index in [9.17, 15) is 15.0 Å². The molecule has 1 aromatic rings. The molecule has 3 N–H and O–H groups in total. The molecule has 0 amide bonds. The predicted octanol–water partition coefficient (Wildman–Crippen LogP) is 1.88. The molecule has 0 aromatic heterocycles. The smallest absolute Gasteiger partial charge is 0.303 e. The molecule has 0 aliphatic rings. The first-order valence-corrected chi connectivity index (χ1v) is 4.72. The maximum atomic E-state index is 10.3. The summed E-state index contributed by atoms with van der Waals surface area (Å²) in [5.74, 6) is -1.46. The second kappa shape index (κ2) is 4.32. The highest BCUT2D eigenvalue weighted by atomic mass is 79.9. The van der Waals surface area contributed by atoms with Gasteiger partial charge in [-0.2, -0.15) is 0 Å². The van der Waals surface area contributed by atoms with Crippen molar-refractivity contribution in [3.05, 3.63) is 22.2 Å². The topological polar surface area (TPSA) is 77.8 Å². The van der Waals surface area contributed by atoms with E-state index in [2.05, 4.69) is 15.9 Å². The summed E-state index contributed by atoms with van der Waals surface area (Å²) in [6, 6.07) is 3.13. The predicted molar refractivity (Wildman–Crippen MR) is 53.4 cm³/mol. The van der Waals surface area contributed by atoms with Crippen molar-refractivity contribution in [2.45, 2.75) is 12.8 Å². The number of hydrogen-bond donors (Lipinski definition) is 3. The van der Waals surface area contributed by atoms with Gasteiger partial charge in [0.1, 0.15) is 0 Å². The Kier molecular flexibility index (Phi) is 3.35. The van der Waals surface area contributed by atoms with Crippen LogP contribution in [0, 0.1) is 0 Å². The van der Waals surface area contributed by atoms with Gasteiger partial charge in [-0.15, -0.1) is 0 Å². The summed E-state index contributed by atoms with van der Waals surface area (Å²) in [6.45, 7) is 0. The third kappa shape index (κ3) is 2.38. The molecule has 1 rings (SSSR count). The Morgan fingerprint density at radius 3 is 2.50 bits per heavy atom. The SMILES string of the molecule is O=C(O)CCc1ccc(Br)c(O)c1O. The maximum Gasteiger partial charge on any atom is 0.303 e. The van der Waals surface area contributed by atoms with Crippen LogP contribution in [0.1, 0.15) is 12.0 Å². The van der Waals surface area contributed by atoms with Crippen molar-refractivity contribution in [2.75, 3.05) is 0 Å². The molecule has 5 heteroatoms. The van der Waals surface area contributed by atoms with E-state index in [0.717, 1.165) is 0 Å². The number of carboxylic acids is 1. The Balaban J connectivity index is 2.88. The fraction of sp³-hybridized carbons (Fsp3) is 0.222. The Bertz CT molecular complexity index is 362. The highest BCUT2D eigenvalue weighted by Crippen LogP contribution is 2.36. The zero-order valence-corrected chi connectivity index (χ0v) is 8.78. The number of benzene rings is 1. The van der Waals surface area contributed by atoms with Crippen molar-refractivity contribution >= 4 is 21.9 Å². The van der Waals surface area contributed by atoms with E-state index in [1.54, 1.807) is 12.1 Å². The number of aryl methyl sites for hydroxylation is 1. The largest absolute Gasteiger partial charge is 0.504 e. The number of aliphatic carboxylic acids is 1. The number of rotatable bonds is 3. The Morgan fingerprint density at radius 2 is 1.93 bits per heavy atom. The number of carbonyl (C=O) groups is 1. The van der Waals surface area contributed by atoms with Crippen LogP contribution in [0.5, 0.6) is 11.5 Å². The van der Waals surface area contributed by atoms with E-state index in [1.165, 1.54) is 0 Å². The van der Waals surface area contributed by atoms with E-state index in [4.69, 9.17) is 5.11 Å². The molecule has 0 unspecified atom stereocenters. The monoisotopic (exact) mass is 260 g/mol. The van der Waals surface area contributed by atoms with Gasteiger partial charge in [-0.25, -0.2) is 0 Å². The molecule has 0 aliphatic carbocycles. The minimum atomic E-state index is -0.938. The summed E-state index contributed by atoms with van der Waals surface area (Å²) in [7, 11) is 0. The normalized spacial score (nSPS) is 10.1. The molecular formula is C9H9BrO4. The Morgan fingerprint density at radius 1 is 1.29 bits per heavy atom. The van der Waals surface area contributed by atoms with E-state index in [1.807, 2.05) is 0 Å². The lowest BCUT2D eigenvalue weighted by molar-refractivity contribution is -0.136. The molecule has 0 spiro atoms. The molecule has 0 saturated heterocycles. The van der Waals surface area contributed by atoms with Crippen molar-refractivity contribution in [3.8, 4) is 11.5 Å². The van der Waals surface area contributed by atoms with Gasteiger partial charge >= 0.3 is 5.97 Å². The van der Waals surface area contributed by atoms with E-state index in [0.29, 0.717) is 10.0 Å². The number of phenols is 2. The summed E-state index contributed by atoms with van der Waals surface area (Å²) >= 11 is 3.03. The molecular weight excluding hydrogens is 252 g/mol. The number of hydrogen-bond acceptors (Lipinski definition) is 3. The molecule has 0 bridgehead atoms. The molecule has 0 radical (unpaired) electrons. The van der Waals surface area contributed by atoms with Gasteiger partial charge in [0.15, 0.2) is 11.5 Å². The maximum absolute atomic E-state index is 10.3. The molecule has 76 valence electrons.